The van der Waals surface area contributed by atoms with Crippen molar-refractivity contribution in [1.82, 2.24) is 15.1 Å². The Balaban J connectivity index is 1.72. The summed E-state index contributed by atoms with van der Waals surface area (Å²) in [6.07, 6.45) is -0.103. The molecular weight excluding hydrogens is 366 g/mol. The summed E-state index contributed by atoms with van der Waals surface area (Å²) in [5.74, 6) is 0.0160. The zero-order chi connectivity index (χ0) is 20.4. The quantitative estimate of drug-likeness (QED) is 0.838. The van der Waals surface area contributed by atoms with E-state index in [1.54, 1.807) is 4.90 Å². The van der Waals surface area contributed by atoms with Crippen LogP contribution in [0.15, 0.2) is 60.7 Å². The molecule has 2 aromatic rings. The topological polar surface area (TPSA) is 72.9 Å². The van der Waals surface area contributed by atoms with E-state index in [2.05, 4.69) is 34.5 Å². The molecule has 152 valence electrons. The Bertz CT molecular complexity index is 819. The van der Waals surface area contributed by atoms with E-state index in [4.69, 9.17) is 0 Å². The number of nitrogens with one attached hydrogen (secondary N) is 1. The standard InChI is InChI=1S/C23H27N3O3/c1-16(27)24-19-12-20-14-25(23(28)29)15-21(26(20)13-19)22(17-8-4-2-5-9-17)18-10-6-3-7-11-18/h2-11,19-22H,12-15H2,1H3,(H,24,27)(H,28,29)/t19-,20+,21+/m1/s1. The predicted molar refractivity (Wildman–Crippen MR) is 111 cm³/mol. The average molecular weight is 393 g/mol. The van der Waals surface area contributed by atoms with Crippen molar-refractivity contribution < 1.29 is 14.7 Å². The third-order valence-electron chi connectivity index (χ3n) is 6.10. The molecule has 0 aromatic heterocycles. The Morgan fingerprint density at radius 3 is 2.07 bits per heavy atom. The van der Waals surface area contributed by atoms with Gasteiger partial charge in [0.25, 0.3) is 0 Å². The lowest BCUT2D eigenvalue weighted by atomic mass is 9.82. The minimum atomic E-state index is -0.877. The third-order valence-corrected chi connectivity index (χ3v) is 6.10. The monoisotopic (exact) mass is 393 g/mol. The summed E-state index contributed by atoms with van der Waals surface area (Å²) in [5.41, 5.74) is 2.36. The Morgan fingerprint density at radius 1 is 0.966 bits per heavy atom. The number of piperazine rings is 1. The van der Waals surface area contributed by atoms with Gasteiger partial charge in [-0.25, -0.2) is 4.79 Å². The van der Waals surface area contributed by atoms with Crippen molar-refractivity contribution in [2.45, 2.75) is 37.4 Å². The Labute approximate surface area is 171 Å². The van der Waals surface area contributed by atoms with Gasteiger partial charge in [-0.1, -0.05) is 60.7 Å². The number of nitrogens with zero attached hydrogens (tertiary/aromatic N) is 2. The Kier molecular flexibility index (Phi) is 5.53. The number of hydrogen-bond acceptors (Lipinski definition) is 3. The van der Waals surface area contributed by atoms with E-state index >= 15 is 0 Å². The van der Waals surface area contributed by atoms with Crippen molar-refractivity contribution in [2.75, 3.05) is 19.6 Å². The van der Waals surface area contributed by atoms with Crippen LogP contribution in [0.1, 0.15) is 30.4 Å². The summed E-state index contributed by atoms with van der Waals surface area (Å²) >= 11 is 0. The minimum Gasteiger partial charge on any atom is -0.465 e. The number of carboxylic acid groups (broad SMARTS) is 1. The molecule has 2 N–H and O–H groups in total. The molecule has 0 radical (unpaired) electrons. The maximum absolute atomic E-state index is 11.9. The molecule has 2 aliphatic heterocycles. The number of rotatable bonds is 4. The molecule has 2 fully saturated rings. The van der Waals surface area contributed by atoms with Gasteiger partial charge in [0.1, 0.15) is 0 Å². The van der Waals surface area contributed by atoms with E-state index in [1.165, 1.54) is 18.1 Å². The van der Waals surface area contributed by atoms with Crippen LogP contribution in [0.5, 0.6) is 0 Å². The molecule has 29 heavy (non-hydrogen) atoms. The summed E-state index contributed by atoms with van der Waals surface area (Å²) in [7, 11) is 0. The number of carbonyl (C=O) groups is 2. The summed E-state index contributed by atoms with van der Waals surface area (Å²) in [5, 5.41) is 12.8. The maximum atomic E-state index is 11.9. The fourth-order valence-electron chi connectivity index (χ4n) is 4.99. The van der Waals surface area contributed by atoms with Gasteiger partial charge in [-0.2, -0.15) is 0 Å². The first kappa shape index (κ1) is 19.5. The normalized spacial score (nSPS) is 24.3. The van der Waals surface area contributed by atoms with E-state index in [0.29, 0.717) is 13.1 Å². The zero-order valence-electron chi connectivity index (χ0n) is 16.6. The summed E-state index contributed by atoms with van der Waals surface area (Å²) in [6.45, 7) is 3.22. The summed E-state index contributed by atoms with van der Waals surface area (Å²) < 4.78 is 0. The minimum absolute atomic E-state index is 0.00779. The van der Waals surface area contributed by atoms with E-state index in [0.717, 1.165) is 13.0 Å². The first-order valence-electron chi connectivity index (χ1n) is 10.1. The van der Waals surface area contributed by atoms with Gasteiger partial charge in [-0.3, -0.25) is 9.69 Å². The molecule has 6 nitrogen and oxygen atoms in total. The molecule has 0 bridgehead atoms. The van der Waals surface area contributed by atoms with Crippen LogP contribution in [0, 0.1) is 0 Å². The lowest BCUT2D eigenvalue weighted by molar-refractivity contribution is -0.119. The molecule has 0 unspecified atom stereocenters. The van der Waals surface area contributed by atoms with Gasteiger partial charge in [0, 0.05) is 50.6 Å². The van der Waals surface area contributed by atoms with Gasteiger partial charge in [-0.15, -0.1) is 0 Å². The molecule has 4 rings (SSSR count). The van der Waals surface area contributed by atoms with Crippen molar-refractivity contribution in [1.29, 1.82) is 0 Å². The molecule has 2 saturated heterocycles. The molecule has 0 saturated carbocycles. The van der Waals surface area contributed by atoms with Crippen LogP contribution in [-0.2, 0) is 4.79 Å². The van der Waals surface area contributed by atoms with Crippen molar-refractivity contribution in [3.05, 3.63) is 71.8 Å². The number of benzene rings is 2. The van der Waals surface area contributed by atoms with Gasteiger partial charge < -0.3 is 15.3 Å². The second kappa shape index (κ2) is 8.25. The summed E-state index contributed by atoms with van der Waals surface area (Å²) in [4.78, 5) is 27.4. The highest BCUT2D eigenvalue weighted by atomic mass is 16.4. The highest BCUT2D eigenvalue weighted by Gasteiger charge is 2.46. The lowest BCUT2D eigenvalue weighted by Gasteiger charge is -2.46. The highest BCUT2D eigenvalue weighted by molar-refractivity contribution is 5.73. The number of hydrogen-bond donors (Lipinski definition) is 2. The Morgan fingerprint density at radius 2 is 1.55 bits per heavy atom. The van der Waals surface area contributed by atoms with Gasteiger partial charge >= 0.3 is 6.09 Å². The predicted octanol–water partition coefficient (Wildman–Crippen LogP) is 2.76. The van der Waals surface area contributed by atoms with Crippen LogP contribution in [0.2, 0.25) is 0 Å². The lowest BCUT2D eigenvalue weighted by Crippen LogP contribution is -2.59. The molecule has 3 atom stereocenters. The second-order valence-corrected chi connectivity index (χ2v) is 8.04. The van der Waals surface area contributed by atoms with Gasteiger partial charge in [0.2, 0.25) is 5.91 Å². The molecule has 0 aliphatic carbocycles. The van der Waals surface area contributed by atoms with Crippen LogP contribution in [-0.4, -0.2) is 64.7 Å². The van der Waals surface area contributed by atoms with Crippen LogP contribution < -0.4 is 5.32 Å². The first-order valence-corrected chi connectivity index (χ1v) is 10.1. The van der Waals surface area contributed by atoms with Gasteiger partial charge in [-0.05, 0) is 17.5 Å². The van der Waals surface area contributed by atoms with Crippen LogP contribution >= 0.6 is 0 Å². The second-order valence-electron chi connectivity index (χ2n) is 8.04. The van der Waals surface area contributed by atoms with Crippen LogP contribution in [0.3, 0.4) is 0 Å². The molecule has 2 amide bonds. The van der Waals surface area contributed by atoms with E-state index < -0.39 is 6.09 Å². The fourth-order valence-corrected chi connectivity index (χ4v) is 4.99. The highest BCUT2D eigenvalue weighted by Crippen LogP contribution is 2.37. The number of carbonyl (C=O) groups excluding carboxylic acids is 1. The molecule has 6 heteroatoms. The SMILES string of the molecule is CC(=O)N[C@@H]1C[C@H]2CN(C(=O)O)C[C@@H](C(c3ccccc3)c3ccccc3)N2C1. The van der Waals surface area contributed by atoms with Gasteiger partial charge in [0.05, 0.1) is 0 Å². The first-order chi connectivity index (χ1) is 14.0. The van der Waals surface area contributed by atoms with Crippen LogP contribution in [0.4, 0.5) is 4.79 Å². The van der Waals surface area contributed by atoms with Crippen LogP contribution in [0.25, 0.3) is 0 Å². The number of fused-ring (bicyclic) bond motifs is 1. The zero-order valence-corrected chi connectivity index (χ0v) is 16.6. The molecule has 2 heterocycles. The molecule has 2 aromatic carbocycles. The third kappa shape index (κ3) is 4.12. The molecule has 0 spiro atoms. The van der Waals surface area contributed by atoms with Crippen molar-refractivity contribution >= 4 is 12.0 Å². The van der Waals surface area contributed by atoms with Crippen molar-refractivity contribution in [3.63, 3.8) is 0 Å². The Hall–Kier alpha value is -2.86. The van der Waals surface area contributed by atoms with Crippen molar-refractivity contribution in [3.8, 4) is 0 Å². The molecular formula is C23H27N3O3. The number of amides is 2. The fraction of sp³-hybridized carbons (Fsp3) is 0.391. The van der Waals surface area contributed by atoms with Gasteiger partial charge in [0.15, 0.2) is 0 Å². The maximum Gasteiger partial charge on any atom is 0.407 e. The average Bonchev–Trinajstić information content (AvgIpc) is 3.11. The van der Waals surface area contributed by atoms with E-state index in [1.807, 2.05) is 36.4 Å². The molecule has 2 aliphatic rings. The smallest absolute Gasteiger partial charge is 0.407 e. The largest absolute Gasteiger partial charge is 0.465 e. The van der Waals surface area contributed by atoms with E-state index in [-0.39, 0.29) is 30.0 Å². The van der Waals surface area contributed by atoms with Crippen molar-refractivity contribution in [2.24, 2.45) is 0 Å². The van der Waals surface area contributed by atoms with E-state index in [9.17, 15) is 14.7 Å². The summed E-state index contributed by atoms with van der Waals surface area (Å²) in [6, 6.07) is 20.8.